The molecule has 6 heteroatoms. The SMILES string of the molecule is Cc1cccc(C)c1NC(=O)CN1CCNCC1c1cccnc1.Cl. The van der Waals surface area contributed by atoms with Crippen LogP contribution in [0.3, 0.4) is 0 Å². The lowest BCUT2D eigenvalue weighted by atomic mass is 10.1. The molecule has 1 fully saturated rings. The van der Waals surface area contributed by atoms with Crippen LogP contribution in [-0.2, 0) is 4.79 Å². The van der Waals surface area contributed by atoms with E-state index in [0.717, 1.165) is 42.0 Å². The molecule has 134 valence electrons. The summed E-state index contributed by atoms with van der Waals surface area (Å²) in [6.07, 6.45) is 3.66. The highest BCUT2D eigenvalue weighted by molar-refractivity contribution is 5.93. The summed E-state index contributed by atoms with van der Waals surface area (Å²) < 4.78 is 0. The Kier molecular flexibility index (Phi) is 6.93. The molecule has 2 heterocycles. The second-order valence-electron chi connectivity index (χ2n) is 6.29. The summed E-state index contributed by atoms with van der Waals surface area (Å²) >= 11 is 0. The van der Waals surface area contributed by atoms with Crippen molar-refractivity contribution in [3.05, 3.63) is 59.4 Å². The zero-order valence-corrected chi connectivity index (χ0v) is 15.5. The summed E-state index contributed by atoms with van der Waals surface area (Å²) in [4.78, 5) is 19.0. The van der Waals surface area contributed by atoms with Gasteiger partial charge < -0.3 is 10.6 Å². The molecule has 1 aliphatic heterocycles. The maximum atomic E-state index is 12.6. The number of carbonyl (C=O) groups excluding carboxylic acids is 1. The van der Waals surface area contributed by atoms with E-state index in [1.165, 1.54) is 0 Å². The Balaban J connectivity index is 0.00000225. The third-order valence-corrected chi connectivity index (χ3v) is 4.52. The summed E-state index contributed by atoms with van der Waals surface area (Å²) in [5.74, 6) is 0.0307. The van der Waals surface area contributed by atoms with Crippen molar-refractivity contribution in [3.63, 3.8) is 0 Å². The zero-order chi connectivity index (χ0) is 16.9. The van der Waals surface area contributed by atoms with Crippen LogP contribution in [0.4, 0.5) is 5.69 Å². The number of pyridine rings is 1. The van der Waals surface area contributed by atoms with Gasteiger partial charge in [-0.2, -0.15) is 0 Å². The standard InChI is InChI=1S/C19H24N4O.ClH/c1-14-5-3-6-15(2)19(14)22-18(24)13-23-10-9-21-12-17(23)16-7-4-8-20-11-16;/h3-8,11,17,21H,9-10,12-13H2,1-2H3,(H,22,24);1H. The van der Waals surface area contributed by atoms with Crippen LogP contribution in [0.2, 0.25) is 0 Å². The molecule has 1 unspecified atom stereocenters. The monoisotopic (exact) mass is 360 g/mol. The van der Waals surface area contributed by atoms with Gasteiger partial charge in [0.15, 0.2) is 0 Å². The third-order valence-electron chi connectivity index (χ3n) is 4.52. The molecule has 25 heavy (non-hydrogen) atoms. The van der Waals surface area contributed by atoms with Gasteiger partial charge in [0, 0.05) is 43.8 Å². The van der Waals surface area contributed by atoms with E-state index in [4.69, 9.17) is 0 Å². The first-order chi connectivity index (χ1) is 11.6. The van der Waals surface area contributed by atoms with Crippen molar-refractivity contribution in [2.24, 2.45) is 0 Å². The first-order valence-electron chi connectivity index (χ1n) is 8.36. The number of piperazine rings is 1. The predicted molar refractivity (Wildman–Crippen MR) is 103 cm³/mol. The minimum absolute atomic E-state index is 0. The van der Waals surface area contributed by atoms with E-state index < -0.39 is 0 Å². The molecule has 0 aliphatic carbocycles. The van der Waals surface area contributed by atoms with Gasteiger partial charge in [-0.25, -0.2) is 0 Å². The molecule has 1 aliphatic rings. The second-order valence-corrected chi connectivity index (χ2v) is 6.29. The normalized spacial score (nSPS) is 17.6. The minimum atomic E-state index is 0. The summed E-state index contributed by atoms with van der Waals surface area (Å²) in [5, 5.41) is 6.48. The van der Waals surface area contributed by atoms with Crippen molar-refractivity contribution in [2.75, 3.05) is 31.5 Å². The summed E-state index contributed by atoms with van der Waals surface area (Å²) in [7, 11) is 0. The average Bonchev–Trinajstić information content (AvgIpc) is 2.60. The van der Waals surface area contributed by atoms with Gasteiger partial charge in [-0.15, -0.1) is 12.4 Å². The van der Waals surface area contributed by atoms with Gasteiger partial charge in [-0.05, 0) is 36.6 Å². The van der Waals surface area contributed by atoms with Gasteiger partial charge in [0.05, 0.1) is 6.54 Å². The fraction of sp³-hybridized carbons (Fsp3) is 0.368. The number of nitrogens with one attached hydrogen (secondary N) is 2. The van der Waals surface area contributed by atoms with Crippen molar-refractivity contribution in [1.29, 1.82) is 0 Å². The second kappa shape index (κ2) is 8.94. The van der Waals surface area contributed by atoms with E-state index in [1.54, 1.807) is 6.20 Å². The quantitative estimate of drug-likeness (QED) is 0.880. The van der Waals surface area contributed by atoms with Crippen molar-refractivity contribution >= 4 is 24.0 Å². The predicted octanol–water partition coefficient (Wildman–Crippen LogP) is 2.71. The number of para-hydroxylation sites is 1. The molecule has 2 N–H and O–H groups in total. The van der Waals surface area contributed by atoms with E-state index in [-0.39, 0.29) is 24.4 Å². The molecule has 0 saturated carbocycles. The number of benzene rings is 1. The van der Waals surface area contributed by atoms with Crippen LogP contribution >= 0.6 is 12.4 Å². The topological polar surface area (TPSA) is 57.3 Å². The summed E-state index contributed by atoms with van der Waals surface area (Å²) in [5.41, 5.74) is 4.25. The van der Waals surface area contributed by atoms with E-state index in [0.29, 0.717) is 6.54 Å². The molecular formula is C19H25ClN4O. The van der Waals surface area contributed by atoms with Crippen LogP contribution < -0.4 is 10.6 Å². The van der Waals surface area contributed by atoms with Crippen LogP contribution in [0.25, 0.3) is 0 Å². The number of hydrogen-bond donors (Lipinski definition) is 2. The van der Waals surface area contributed by atoms with Crippen molar-refractivity contribution < 1.29 is 4.79 Å². The summed E-state index contributed by atoms with van der Waals surface area (Å²) in [6.45, 7) is 7.00. The van der Waals surface area contributed by atoms with Crippen LogP contribution in [0.5, 0.6) is 0 Å². The highest BCUT2D eigenvalue weighted by Crippen LogP contribution is 2.22. The maximum Gasteiger partial charge on any atom is 0.238 e. The Hall–Kier alpha value is -1.95. The Morgan fingerprint density at radius 1 is 1.28 bits per heavy atom. The van der Waals surface area contributed by atoms with Crippen LogP contribution in [0.15, 0.2) is 42.7 Å². The van der Waals surface area contributed by atoms with Crippen molar-refractivity contribution in [2.45, 2.75) is 19.9 Å². The number of hydrogen-bond acceptors (Lipinski definition) is 4. The van der Waals surface area contributed by atoms with Gasteiger partial charge in [0.25, 0.3) is 0 Å². The fourth-order valence-corrected chi connectivity index (χ4v) is 3.21. The first-order valence-corrected chi connectivity index (χ1v) is 8.36. The number of nitrogens with zero attached hydrogens (tertiary/aromatic N) is 2. The molecule has 5 nitrogen and oxygen atoms in total. The number of rotatable bonds is 4. The van der Waals surface area contributed by atoms with Gasteiger partial charge in [-0.3, -0.25) is 14.7 Å². The van der Waals surface area contributed by atoms with Gasteiger partial charge >= 0.3 is 0 Å². The number of aromatic nitrogens is 1. The fourth-order valence-electron chi connectivity index (χ4n) is 3.21. The molecule has 1 aromatic carbocycles. The zero-order valence-electron chi connectivity index (χ0n) is 14.7. The highest BCUT2D eigenvalue weighted by atomic mass is 35.5. The number of amides is 1. The Bertz CT molecular complexity index is 688. The third kappa shape index (κ3) is 4.78. The Morgan fingerprint density at radius 3 is 2.72 bits per heavy atom. The van der Waals surface area contributed by atoms with E-state index in [9.17, 15) is 4.79 Å². The van der Waals surface area contributed by atoms with Gasteiger partial charge in [0.2, 0.25) is 5.91 Å². The lowest BCUT2D eigenvalue weighted by Gasteiger charge is -2.35. The summed E-state index contributed by atoms with van der Waals surface area (Å²) in [6, 6.07) is 10.2. The van der Waals surface area contributed by atoms with Crippen LogP contribution in [0, 0.1) is 13.8 Å². The van der Waals surface area contributed by atoms with E-state index in [2.05, 4.69) is 26.6 Å². The van der Waals surface area contributed by atoms with Crippen LogP contribution in [0.1, 0.15) is 22.7 Å². The number of halogens is 1. The first kappa shape index (κ1) is 19.4. The van der Waals surface area contributed by atoms with Gasteiger partial charge in [-0.1, -0.05) is 24.3 Å². The Labute approximate surface area is 155 Å². The molecule has 1 aromatic heterocycles. The van der Waals surface area contributed by atoms with Crippen molar-refractivity contribution in [1.82, 2.24) is 15.2 Å². The molecule has 0 bridgehead atoms. The van der Waals surface area contributed by atoms with E-state index in [1.807, 2.05) is 44.3 Å². The average molecular weight is 361 g/mol. The van der Waals surface area contributed by atoms with Gasteiger partial charge in [0.1, 0.15) is 0 Å². The molecule has 2 aromatic rings. The lowest BCUT2D eigenvalue weighted by Crippen LogP contribution is -2.48. The number of carbonyl (C=O) groups is 1. The molecule has 3 rings (SSSR count). The number of anilines is 1. The lowest BCUT2D eigenvalue weighted by molar-refractivity contribution is -0.118. The Morgan fingerprint density at radius 2 is 2.04 bits per heavy atom. The molecule has 0 spiro atoms. The van der Waals surface area contributed by atoms with E-state index >= 15 is 0 Å². The largest absolute Gasteiger partial charge is 0.324 e. The van der Waals surface area contributed by atoms with Crippen molar-refractivity contribution in [3.8, 4) is 0 Å². The minimum Gasteiger partial charge on any atom is -0.324 e. The molecule has 1 amide bonds. The smallest absolute Gasteiger partial charge is 0.238 e. The number of aryl methyl sites for hydroxylation is 2. The molecular weight excluding hydrogens is 336 g/mol. The highest BCUT2D eigenvalue weighted by Gasteiger charge is 2.25. The van der Waals surface area contributed by atoms with Crippen LogP contribution in [-0.4, -0.2) is 42.0 Å². The molecule has 0 radical (unpaired) electrons. The molecule has 1 atom stereocenters. The molecule has 1 saturated heterocycles. The maximum absolute atomic E-state index is 12.6.